The molecule has 2 rings (SSSR count). The zero-order chi connectivity index (χ0) is 14.2. The van der Waals surface area contributed by atoms with Crippen LogP contribution in [-0.4, -0.2) is 33.8 Å². The summed E-state index contributed by atoms with van der Waals surface area (Å²) in [6, 6.07) is 5.80. The van der Waals surface area contributed by atoms with Gasteiger partial charge in [0.15, 0.2) is 5.11 Å². The first-order chi connectivity index (χ1) is 9.77. The smallest absolute Gasteiger partial charge is 0.189 e. The van der Waals surface area contributed by atoms with Crippen molar-refractivity contribution in [1.29, 1.82) is 0 Å². The molecule has 0 aromatic carbocycles. The molecule has 0 atom stereocenters. The van der Waals surface area contributed by atoms with E-state index in [0.717, 1.165) is 29.6 Å². The Morgan fingerprint density at radius 3 is 2.55 bits per heavy atom. The van der Waals surface area contributed by atoms with Gasteiger partial charge in [-0.25, -0.2) is 0 Å². The van der Waals surface area contributed by atoms with Crippen LogP contribution >= 0.6 is 12.2 Å². The van der Waals surface area contributed by atoms with Crippen LogP contribution in [0.1, 0.15) is 44.7 Å². The predicted octanol–water partition coefficient (Wildman–Crippen LogP) is 2.95. The SMILES string of the molecule is C/C(=N/NC(=S)N1CCCCCCC1)c1ccccn1. The number of pyridine rings is 1. The third-order valence-corrected chi connectivity index (χ3v) is 3.85. The van der Waals surface area contributed by atoms with Gasteiger partial charge < -0.3 is 4.90 Å². The third kappa shape index (κ3) is 4.56. The van der Waals surface area contributed by atoms with Crippen molar-refractivity contribution in [2.24, 2.45) is 5.10 Å². The fraction of sp³-hybridized carbons (Fsp3) is 0.533. The average molecular weight is 290 g/mol. The van der Waals surface area contributed by atoms with Crippen LogP contribution in [0.3, 0.4) is 0 Å². The summed E-state index contributed by atoms with van der Waals surface area (Å²) in [5.74, 6) is 0. The van der Waals surface area contributed by atoms with Gasteiger partial charge in [0.2, 0.25) is 0 Å². The van der Waals surface area contributed by atoms with E-state index >= 15 is 0 Å². The zero-order valence-corrected chi connectivity index (χ0v) is 12.8. The van der Waals surface area contributed by atoms with E-state index in [4.69, 9.17) is 12.2 Å². The highest BCUT2D eigenvalue weighted by atomic mass is 32.1. The van der Waals surface area contributed by atoms with Crippen molar-refractivity contribution in [2.45, 2.75) is 39.0 Å². The maximum atomic E-state index is 5.43. The van der Waals surface area contributed by atoms with Gasteiger partial charge in [-0.05, 0) is 44.1 Å². The van der Waals surface area contributed by atoms with Gasteiger partial charge in [0.1, 0.15) is 0 Å². The molecule has 0 bridgehead atoms. The number of hydrazone groups is 1. The minimum atomic E-state index is 0.724. The first-order valence-electron chi connectivity index (χ1n) is 7.28. The Morgan fingerprint density at radius 2 is 1.90 bits per heavy atom. The highest BCUT2D eigenvalue weighted by Crippen LogP contribution is 2.10. The molecule has 20 heavy (non-hydrogen) atoms. The zero-order valence-electron chi connectivity index (χ0n) is 12.0. The summed E-state index contributed by atoms with van der Waals surface area (Å²) in [5, 5.41) is 5.07. The molecule has 4 nitrogen and oxygen atoms in total. The van der Waals surface area contributed by atoms with Gasteiger partial charge in [0.25, 0.3) is 0 Å². The Morgan fingerprint density at radius 1 is 1.20 bits per heavy atom. The maximum absolute atomic E-state index is 5.43. The van der Waals surface area contributed by atoms with Gasteiger partial charge in [-0.1, -0.05) is 25.3 Å². The van der Waals surface area contributed by atoms with Crippen molar-refractivity contribution in [3.05, 3.63) is 30.1 Å². The Kier molecular flexibility index (Phi) is 5.92. The molecule has 1 saturated heterocycles. The first kappa shape index (κ1) is 14.9. The van der Waals surface area contributed by atoms with Crippen molar-refractivity contribution >= 4 is 23.0 Å². The van der Waals surface area contributed by atoms with E-state index in [0.29, 0.717) is 0 Å². The molecule has 108 valence electrons. The molecule has 0 radical (unpaired) electrons. The predicted molar refractivity (Wildman–Crippen MR) is 86.8 cm³/mol. The Balaban J connectivity index is 1.90. The molecule has 1 N–H and O–H groups in total. The number of likely N-dealkylation sites (tertiary alicyclic amines) is 1. The standard InChI is InChI=1S/C15H22N4S/c1-13(14-9-5-6-10-16-14)17-18-15(20)19-11-7-3-2-4-8-12-19/h5-6,9-10H,2-4,7-8,11-12H2,1H3,(H,18,20)/b17-13-. The Bertz CT molecular complexity index is 450. The molecule has 1 aromatic heterocycles. The molecule has 0 amide bonds. The molecule has 1 aliphatic heterocycles. The van der Waals surface area contributed by atoms with E-state index in [2.05, 4.69) is 20.4 Å². The Labute approximate surface area is 126 Å². The van der Waals surface area contributed by atoms with E-state index < -0.39 is 0 Å². The summed E-state index contributed by atoms with van der Waals surface area (Å²) < 4.78 is 0. The van der Waals surface area contributed by atoms with Crippen LogP contribution in [0.2, 0.25) is 0 Å². The van der Waals surface area contributed by atoms with Crippen molar-refractivity contribution in [3.63, 3.8) is 0 Å². The third-order valence-electron chi connectivity index (χ3n) is 3.50. The van der Waals surface area contributed by atoms with E-state index in [-0.39, 0.29) is 0 Å². The second-order valence-corrected chi connectivity index (χ2v) is 5.47. The molecular formula is C15H22N4S. The monoisotopic (exact) mass is 290 g/mol. The van der Waals surface area contributed by atoms with Gasteiger partial charge in [-0.2, -0.15) is 5.10 Å². The molecule has 0 aliphatic carbocycles. The van der Waals surface area contributed by atoms with E-state index in [1.54, 1.807) is 6.20 Å². The van der Waals surface area contributed by atoms with Crippen LogP contribution in [0.4, 0.5) is 0 Å². The van der Waals surface area contributed by atoms with Gasteiger partial charge in [-0.15, -0.1) is 0 Å². The number of hydrogen-bond acceptors (Lipinski definition) is 3. The van der Waals surface area contributed by atoms with Gasteiger partial charge >= 0.3 is 0 Å². The van der Waals surface area contributed by atoms with Crippen LogP contribution < -0.4 is 5.43 Å². The van der Waals surface area contributed by atoms with Gasteiger partial charge in [0.05, 0.1) is 11.4 Å². The molecule has 5 heteroatoms. The summed E-state index contributed by atoms with van der Waals surface area (Å²) in [6.45, 7) is 4.00. The largest absolute Gasteiger partial charge is 0.348 e. The second kappa shape index (κ2) is 7.94. The lowest BCUT2D eigenvalue weighted by atomic mass is 10.1. The number of aromatic nitrogens is 1. The molecule has 0 saturated carbocycles. The fourth-order valence-corrected chi connectivity index (χ4v) is 2.52. The van der Waals surface area contributed by atoms with Crippen molar-refractivity contribution < 1.29 is 0 Å². The highest BCUT2D eigenvalue weighted by molar-refractivity contribution is 7.80. The molecular weight excluding hydrogens is 268 g/mol. The van der Waals surface area contributed by atoms with Crippen molar-refractivity contribution in [3.8, 4) is 0 Å². The van der Waals surface area contributed by atoms with Gasteiger partial charge in [-0.3, -0.25) is 10.4 Å². The van der Waals surface area contributed by atoms with E-state index in [1.165, 1.54) is 32.1 Å². The lowest BCUT2D eigenvalue weighted by Gasteiger charge is -2.26. The second-order valence-electron chi connectivity index (χ2n) is 5.08. The lowest BCUT2D eigenvalue weighted by Crippen LogP contribution is -2.39. The molecule has 1 aromatic rings. The Hall–Kier alpha value is -1.49. The minimum absolute atomic E-state index is 0.724. The van der Waals surface area contributed by atoms with Crippen LogP contribution in [0.25, 0.3) is 0 Å². The number of nitrogens with zero attached hydrogens (tertiary/aromatic N) is 3. The first-order valence-corrected chi connectivity index (χ1v) is 7.69. The summed E-state index contributed by atoms with van der Waals surface area (Å²) in [4.78, 5) is 6.49. The minimum Gasteiger partial charge on any atom is -0.348 e. The average Bonchev–Trinajstić information content (AvgIpc) is 2.45. The number of nitrogens with one attached hydrogen (secondary N) is 1. The van der Waals surface area contributed by atoms with Crippen molar-refractivity contribution in [1.82, 2.24) is 15.3 Å². The van der Waals surface area contributed by atoms with E-state index in [1.807, 2.05) is 25.1 Å². The summed E-state index contributed by atoms with van der Waals surface area (Å²) >= 11 is 5.43. The molecule has 0 unspecified atom stereocenters. The fourth-order valence-electron chi connectivity index (χ4n) is 2.29. The van der Waals surface area contributed by atoms with Crippen LogP contribution in [0.5, 0.6) is 0 Å². The highest BCUT2D eigenvalue weighted by Gasteiger charge is 2.11. The van der Waals surface area contributed by atoms with Crippen LogP contribution in [0, 0.1) is 0 Å². The molecule has 2 heterocycles. The van der Waals surface area contributed by atoms with Crippen molar-refractivity contribution in [2.75, 3.05) is 13.1 Å². The van der Waals surface area contributed by atoms with Gasteiger partial charge in [0, 0.05) is 19.3 Å². The summed E-state index contributed by atoms with van der Waals surface area (Å²) in [7, 11) is 0. The maximum Gasteiger partial charge on any atom is 0.189 e. The molecule has 1 aliphatic rings. The quantitative estimate of drug-likeness (QED) is 0.516. The number of hydrogen-bond donors (Lipinski definition) is 1. The number of thiocarbonyl (C=S) groups is 1. The van der Waals surface area contributed by atoms with E-state index in [9.17, 15) is 0 Å². The lowest BCUT2D eigenvalue weighted by molar-refractivity contribution is 0.358. The number of rotatable bonds is 2. The normalized spacial score (nSPS) is 17.2. The molecule has 0 spiro atoms. The summed E-state index contributed by atoms with van der Waals surface area (Å²) in [6.07, 6.45) is 8.15. The molecule has 1 fully saturated rings. The van der Waals surface area contributed by atoms with Crippen LogP contribution in [-0.2, 0) is 0 Å². The van der Waals surface area contributed by atoms with Crippen LogP contribution in [0.15, 0.2) is 29.5 Å². The topological polar surface area (TPSA) is 40.5 Å². The summed E-state index contributed by atoms with van der Waals surface area (Å²) in [5.41, 5.74) is 4.72.